The Kier molecular flexibility index (Phi) is 6.89. The van der Waals surface area contributed by atoms with Crippen molar-refractivity contribution in [2.45, 2.75) is 39.0 Å². The topological polar surface area (TPSA) is 64.0 Å². The Bertz CT molecular complexity index is 1190. The van der Waals surface area contributed by atoms with Crippen LogP contribution in [0.25, 0.3) is 10.9 Å². The van der Waals surface area contributed by atoms with E-state index in [1.165, 1.54) is 0 Å². The minimum atomic E-state index is -0.593. The maximum atomic E-state index is 13.2. The van der Waals surface area contributed by atoms with Gasteiger partial charge in [-0.1, -0.05) is 46.3 Å². The lowest BCUT2D eigenvalue weighted by molar-refractivity contribution is 0.0000383. The summed E-state index contributed by atoms with van der Waals surface area (Å²) in [4.78, 5) is 29.4. The molecule has 1 aliphatic heterocycles. The second-order valence-corrected chi connectivity index (χ2v) is 10.4. The van der Waals surface area contributed by atoms with Crippen molar-refractivity contribution in [2.75, 3.05) is 19.6 Å². The zero-order valence-electron chi connectivity index (χ0n) is 20.0. The van der Waals surface area contributed by atoms with Crippen LogP contribution in [-0.4, -0.2) is 51.8 Å². The highest BCUT2D eigenvalue weighted by Crippen LogP contribution is 2.32. The molecule has 1 fully saturated rings. The zero-order valence-corrected chi connectivity index (χ0v) is 21.5. The number of carbonyl (C=O) groups is 2. The van der Waals surface area contributed by atoms with Crippen LogP contribution in [-0.2, 0) is 23.1 Å². The Morgan fingerprint density at radius 3 is 2.47 bits per heavy atom. The van der Waals surface area contributed by atoms with E-state index in [4.69, 9.17) is 9.47 Å². The SMILES string of the molecule is Cn1c(C2CN(C(=O)OC(C)(C)C)CCN2C(=O)OCc2ccccc2)cc2cc(Br)ccc21. The summed E-state index contributed by atoms with van der Waals surface area (Å²) in [5, 5.41) is 1.05. The van der Waals surface area contributed by atoms with Crippen molar-refractivity contribution in [3.63, 3.8) is 0 Å². The Balaban J connectivity index is 1.62. The molecule has 7 nitrogen and oxygen atoms in total. The first-order valence-electron chi connectivity index (χ1n) is 11.3. The molecule has 0 aliphatic carbocycles. The van der Waals surface area contributed by atoms with E-state index in [9.17, 15) is 9.59 Å². The lowest BCUT2D eigenvalue weighted by Gasteiger charge is -2.41. The molecule has 1 aromatic heterocycles. The third kappa shape index (κ3) is 5.38. The smallest absolute Gasteiger partial charge is 0.410 e. The van der Waals surface area contributed by atoms with Gasteiger partial charge >= 0.3 is 12.2 Å². The second kappa shape index (κ2) is 9.70. The second-order valence-electron chi connectivity index (χ2n) is 9.51. The van der Waals surface area contributed by atoms with E-state index in [0.29, 0.717) is 19.6 Å². The first-order chi connectivity index (χ1) is 16.1. The van der Waals surface area contributed by atoms with Gasteiger partial charge in [0.15, 0.2) is 0 Å². The summed E-state index contributed by atoms with van der Waals surface area (Å²) >= 11 is 3.53. The number of rotatable bonds is 3. The Hall–Kier alpha value is -3.00. The van der Waals surface area contributed by atoms with Crippen molar-refractivity contribution in [2.24, 2.45) is 7.05 Å². The molecule has 2 heterocycles. The van der Waals surface area contributed by atoms with Crippen LogP contribution in [0.5, 0.6) is 0 Å². The van der Waals surface area contributed by atoms with E-state index < -0.39 is 11.7 Å². The van der Waals surface area contributed by atoms with Crippen LogP contribution in [0.2, 0.25) is 0 Å². The molecular weight excluding hydrogens is 498 g/mol. The normalized spacial score (nSPS) is 16.6. The van der Waals surface area contributed by atoms with E-state index in [1.807, 2.05) is 76.3 Å². The molecule has 0 radical (unpaired) electrons. The van der Waals surface area contributed by atoms with Crippen molar-refractivity contribution in [1.29, 1.82) is 0 Å². The predicted molar refractivity (Wildman–Crippen MR) is 134 cm³/mol. The predicted octanol–water partition coefficient (Wildman–Crippen LogP) is 5.87. The standard InChI is InChI=1S/C26H30BrN3O4/c1-26(2,3)34-24(31)29-12-13-30(25(32)33-17-18-8-6-5-7-9-18)23(16-29)22-15-19-14-20(27)10-11-21(19)28(22)4/h5-11,14-15,23H,12-13,16-17H2,1-4H3. The number of ether oxygens (including phenoxy) is 2. The molecule has 180 valence electrons. The Labute approximate surface area is 208 Å². The molecule has 2 amide bonds. The average Bonchev–Trinajstić information content (AvgIpc) is 3.12. The van der Waals surface area contributed by atoms with Crippen LogP contribution in [0.4, 0.5) is 9.59 Å². The number of piperazine rings is 1. The number of hydrogen-bond donors (Lipinski definition) is 0. The minimum absolute atomic E-state index is 0.195. The van der Waals surface area contributed by atoms with Gasteiger partial charge in [0.25, 0.3) is 0 Å². The number of hydrogen-bond acceptors (Lipinski definition) is 4. The molecule has 4 rings (SSSR count). The van der Waals surface area contributed by atoms with Gasteiger partial charge < -0.3 is 18.9 Å². The molecule has 3 aromatic rings. The molecule has 0 bridgehead atoms. The van der Waals surface area contributed by atoms with Gasteiger partial charge in [0.1, 0.15) is 12.2 Å². The zero-order chi connectivity index (χ0) is 24.5. The number of amides is 2. The summed E-state index contributed by atoms with van der Waals surface area (Å²) in [6.07, 6.45) is -0.777. The van der Waals surface area contributed by atoms with E-state index in [1.54, 1.807) is 9.80 Å². The Morgan fingerprint density at radius 1 is 1.03 bits per heavy atom. The van der Waals surface area contributed by atoms with Crippen LogP contribution in [0.3, 0.4) is 0 Å². The fraction of sp³-hybridized carbons (Fsp3) is 0.385. The largest absolute Gasteiger partial charge is 0.445 e. The number of aromatic nitrogens is 1. The summed E-state index contributed by atoms with van der Waals surface area (Å²) in [5.41, 5.74) is 2.31. The maximum absolute atomic E-state index is 13.2. The van der Waals surface area contributed by atoms with Gasteiger partial charge in [0.2, 0.25) is 0 Å². The number of halogens is 1. The maximum Gasteiger partial charge on any atom is 0.410 e. The molecule has 0 spiro atoms. The molecule has 1 unspecified atom stereocenters. The molecule has 0 saturated carbocycles. The molecular formula is C26H30BrN3O4. The molecule has 34 heavy (non-hydrogen) atoms. The third-order valence-corrected chi connectivity index (χ3v) is 6.35. The first-order valence-corrected chi connectivity index (χ1v) is 12.1. The lowest BCUT2D eigenvalue weighted by Crippen LogP contribution is -2.53. The van der Waals surface area contributed by atoms with Crippen LogP contribution in [0.1, 0.15) is 38.1 Å². The average molecular weight is 528 g/mol. The van der Waals surface area contributed by atoms with E-state index >= 15 is 0 Å². The molecule has 0 N–H and O–H groups in total. The molecule has 1 aliphatic rings. The van der Waals surface area contributed by atoms with Gasteiger partial charge in [-0.05, 0) is 50.6 Å². The van der Waals surface area contributed by atoms with Gasteiger partial charge in [-0.3, -0.25) is 4.90 Å². The molecule has 1 atom stereocenters. The molecule has 1 saturated heterocycles. The van der Waals surface area contributed by atoms with Crippen LogP contribution in [0, 0.1) is 0 Å². The number of aryl methyl sites for hydroxylation is 1. The Morgan fingerprint density at radius 2 is 1.76 bits per heavy atom. The monoisotopic (exact) mass is 527 g/mol. The summed E-state index contributed by atoms with van der Waals surface area (Å²) in [7, 11) is 1.98. The summed E-state index contributed by atoms with van der Waals surface area (Å²) in [6, 6.07) is 17.4. The van der Waals surface area contributed by atoms with Crippen LogP contribution in [0.15, 0.2) is 59.1 Å². The van der Waals surface area contributed by atoms with E-state index in [0.717, 1.165) is 26.6 Å². The lowest BCUT2D eigenvalue weighted by atomic mass is 10.1. The van der Waals surface area contributed by atoms with Crippen molar-refractivity contribution >= 4 is 39.0 Å². The molecule has 8 heteroatoms. The fourth-order valence-electron chi connectivity index (χ4n) is 4.21. The molecule has 2 aromatic carbocycles. The number of carbonyl (C=O) groups excluding carboxylic acids is 2. The van der Waals surface area contributed by atoms with E-state index in [2.05, 4.69) is 26.6 Å². The number of fused-ring (bicyclic) bond motifs is 1. The summed E-state index contributed by atoms with van der Waals surface area (Å²) < 4.78 is 14.3. The van der Waals surface area contributed by atoms with Gasteiger partial charge in [-0.2, -0.15) is 0 Å². The summed E-state index contributed by atoms with van der Waals surface area (Å²) in [5.74, 6) is 0. The highest BCUT2D eigenvalue weighted by atomic mass is 79.9. The van der Waals surface area contributed by atoms with Crippen molar-refractivity contribution in [1.82, 2.24) is 14.4 Å². The van der Waals surface area contributed by atoms with Gasteiger partial charge in [-0.15, -0.1) is 0 Å². The van der Waals surface area contributed by atoms with Crippen LogP contribution >= 0.6 is 15.9 Å². The van der Waals surface area contributed by atoms with Crippen molar-refractivity contribution < 1.29 is 19.1 Å². The number of nitrogens with zero attached hydrogens (tertiary/aromatic N) is 3. The minimum Gasteiger partial charge on any atom is -0.445 e. The quantitative estimate of drug-likeness (QED) is 0.427. The summed E-state index contributed by atoms with van der Waals surface area (Å²) in [6.45, 7) is 6.79. The van der Waals surface area contributed by atoms with E-state index in [-0.39, 0.29) is 18.7 Å². The van der Waals surface area contributed by atoms with Crippen LogP contribution < -0.4 is 0 Å². The van der Waals surface area contributed by atoms with Gasteiger partial charge in [0.05, 0.1) is 12.6 Å². The van der Waals surface area contributed by atoms with Crippen molar-refractivity contribution in [3.05, 3.63) is 70.3 Å². The van der Waals surface area contributed by atoms with Gasteiger partial charge in [0, 0.05) is 41.2 Å². The third-order valence-electron chi connectivity index (χ3n) is 5.85. The number of benzene rings is 2. The highest BCUT2D eigenvalue weighted by Gasteiger charge is 2.37. The van der Waals surface area contributed by atoms with Gasteiger partial charge in [-0.25, -0.2) is 9.59 Å². The van der Waals surface area contributed by atoms with Crippen molar-refractivity contribution in [3.8, 4) is 0 Å². The fourth-order valence-corrected chi connectivity index (χ4v) is 4.59. The first kappa shape index (κ1) is 24.1. The highest BCUT2D eigenvalue weighted by molar-refractivity contribution is 9.10.